The maximum atomic E-state index is 13.3. The van der Waals surface area contributed by atoms with Crippen LogP contribution in [0.1, 0.15) is 43.9 Å². The molecule has 0 spiro atoms. The molecule has 1 amide bonds. The van der Waals surface area contributed by atoms with E-state index in [2.05, 4.69) is 41.9 Å². The molecule has 2 aliphatic heterocycles. The fraction of sp³-hybridized carbons (Fsp3) is 0.381. The van der Waals surface area contributed by atoms with Crippen LogP contribution < -0.4 is 0 Å². The summed E-state index contributed by atoms with van der Waals surface area (Å²) in [6, 6.07) is 8.43. The smallest absolute Gasteiger partial charge is 0.273 e. The molecule has 1 fully saturated rings. The topological polar surface area (TPSA) is 48.3 Å². The van der Waals surface area contributed by atoms with Gasteiger partial charge in [-0.3, -0.25) is 4.79 Å². The van der Waals surface area contributed by atoms with Gasteiger partial charge in [0.25, 0.3) is 5.91 Å². The van der Waals surface area contributed by atoms with Gasteiger partial charge in [0.2, 0.25) is 0 Å². The molecule has 134 valence electrons. The number of carbonyl (C=O) groups excluding carboxylic acids is 1. The zero-order valence-corrected chi connectivity index (χ0v) is 15.4. The number of allylic oxidation sites excluding steroid dienone is 2. The van der Waals surface area contributed by atoms with Crippen molar-refractivity contribution in [2.45, 2.75) is 39.2 Å². The molecular weight excluding hydrogens is 324 g/mol. The molecule has 1 aliphatic carbocycles. The summed E-state index contributed by atoms with van der Waals surface area (Å²) in [5.74, 6) is 1.12. The second-order valence-corrected chi connectivity index (χ2v) is 7.06. The molecule has 1 saturated carbocycles. The van der Waals surface area contributed by atoms with Crippen molar-refractivity contribution in [1.29, 1.82) is 0 Å². The van der Waals surface area contributed by atoms with Gasteiger partial charge in [0, 0.05) is 24.9 Å². The first-order chi connectivity index (χ1) is 12.6. The van der Waals surface area contributed by atoms with E-state index >= 15 is 0 Å². The van der Waals surface area contributed by atoms with Gasteiger partial charge in [0.15, 0.2) is 0 Å². The molecule has 2 heterocycles. The normalized spacial score (nSPS) is 24.1. The number of benzene rings is 1. The van der Waals surface area contributed by atoms with Crippen LogP contribution in [0.15, 0.2) is 58.0 Å². The number of carbonyl (C=O) groups is 1. The molecule has 5 heteroatoms. The lowest BCUT2D eigenvalue weighted by atomic mass is 9.93. The fourth-order valence-electron chi connectivity index (χ4n) is 3.85. The monoisotopic (exact) mass is 348 g/mol. The number of fused-ring (bicyclic) bond motifs is 1. The number of hydrazone groups is 1. The van der Waals surface area contributed by atoms with Crippen molar-refractivity contribution in [2.75, 3.05) is 6.54 Å². The number of amides is 1. The highest BCUT2D eigenvalue weighted by molar-refractivity contribution is 6.43. The summed E-state index contributed by atoms with van der Waals surface area (Å²) in [6.07, 6.45) is 6.93. The second kappa shape index (κ2) is 6.56. The van der Waals surface area contributed by atoms with E-state index in [1.54, 1.807) is 5.01 Å². The van der Waals surface area contributed by atoms with Gasteiger partial charge in [0.05, 0.1) is 6.04 Å². The van der Waals surface area contributed by atoms with E-state index in [1.165, 1.54) is 11.1 Å². The van der Waals surface area contributed by atoms with E-state index in [4.69, 9.17) is 0 Å². The SMILES string of the molecule is C=NN1C(C2CC2)=CC(C(=O)N2CCc3ccccc3C2C)=N/C1=C/C. The molecular formula is C21H24N4O. The van der Waals surface area contributed by atoms with Crippen LogP contribution in [0.3, 0.4) is 0 Å². The standard InChI is InChI=1S/C21H24N4O/c1-4-20-23-18(13-19(16-9-10-16)25(20)22-3)21(26)24-12-11-15-7-5-6-8-17(15)14(24)2/h4-8,13-14,16H,3,9-12H2,1-2H3/b20-4-. The molecule has 1 aromatic carbocycles. The minimum atomic E-state index is -0.00628. The van der Waals surface area contributed by atoms with Gasteiger partial charge >= 0.3 is 0 Å². The van der Waals surface area contributed by atoms with Crippen molar-refractivity contribution in [3.63, 3.8) is 0 Å². The Bertz CT molecular complexity index is 847. The van der Waals surface area contributed by atoms with E-state index in [0.29, 0.717) is 17.5 Å². The molecule has 0 aromatic heterocycles. The summed E-state index contributed by atoms with van der Waals surface area (Å²) in [6.45, 7) is 8.40. The minimum absolute atomic E-state index is 0.00628. The Kier molecular flexibility index (Phi) is 4.23. The van der Waals surface area contributed by atoms with Gasteiger partial charge in [-0.15, -0.1) is 0 Å². The first-order valence-electron chi connectivity index (χ1n) is 9.26. The maximum absolute atomic E-state index is 13.3. The van der Waals surface area contributed by atoms with Gasteiger partial charge < -0.3 is 4.90 Å². The maximum Gasteiger partial charge on any atom is 0.273 e. The van der Waals surface area contributed by atoms with Gasteiger partial charge in [0.1, 0.15) is 11.5 Å². The van der Waals surface area contributed by atoms with Crippen LogP contribution in [0.4, 0.5) is 0 Å². The van der Waals surface area contributed by atoms with Crippen molar-refractivity contribution >= 4 is 18.3 Å². The minimum Gasteiger partial charge on any atom is -0.330 e. The van der Waals surface area contributed by atoms with E-state index in [0.717, 1.165) is 31.5 Å². The summed E-state index contributed by atoms with van der Waals surface area (Å²) in [4.78, 5) is 19.8. The number of rotatable bonds is 3. The summed E-state index contributed by atoms with van der Waals surface area (Å²) < 4.78 is 0. The van der Waals surface area contributed by atoms with Crippen molar-refractivity contribution < 1.29 is 4.79 Å². The molecule has 4 rings (SSSR count). The van der Waals surface area contributed by atoms with Gasteiger partial charge in [-0.1, -0.05) is 24.3 Å². The van der Waals surface area contributed by atoms with Crippen molar-refractivity contribution in [3.8, 4) is 0 Å². The Balaban J connectivity index is 1.66. The Morgan fingerprint density at radius 1 is 1.35 bits per heavy atom. The molecule has 0 radical (unpaired) electrons. The van der Waals surface area contributed by atoms with Crippen LogP contribution in [-0.4, -0.2) is 34.8 Å². The predicted octanol–water partition coefficient (Wildman–Crippen LogP) is 3.66. The van der Waals surface area contributed by atoms with Crippen LogP contribution in [0.5, 0.6) is 0 Å². The third-order valence-electron chi connectivity index (χ3n) is 5.45. The average molecular weight is 348 g/mol. The lowest BCUT2D eigenvalue weighted by Crippen LogP contribution is -2.43. The first-order valence-corrected chi connectivity index (χ1v) is 9.26. The van der Waals surface area contributed by atoms with Crippen LogP contribution in [-0.2, 0) is 11.2 Å². The number of hydrogen-bond acceptors (Lipinski definition) is 4. The molecule has 26 heavy (non-hydrogen) atoms. The molecule has 0 bridgehead atoms. The average Bonchev–Trinajstić information content (AvgIpc) is 3.52. The molecule has 5 nitrogen and oxygen atoms in total. The Hall–Kier alpha value is -2.69. The van der Waals surface area contributed by atoms with Gasteiger partial charge in [-0.25, -0.2) is 10.0 Å². The van der Waals surface area contributed by atoms with Crippen molar-refractivity contribution in [1.82, 2.24) is 9.91 Å². The van der Waals surface area contributed by atoms with E-state index in [9.17, 15) is 4.79 Å². The highest BCUT2D eigenvalue weighted by atomic mass is 16.2. The quantitative estimate of drug-likeness (QED) is 0.783. The molecule has 1 atom stereocenters. The fourth-order valence-corrected chi connectivity index (χ4v) is 3.85. The summed E-state index contributed by atoms with van der Waals surface area (Å²) in [5.41, 5.74) is 4.11. The Morgan fingerprint density at radius 2 is 2.12 bits per heavy atom. The molecule has 1 aromatic rings. The summed E-state index contributed by atoms with van der Waals surface area (Å²) in [7, 11) is 0. The van der Waals surface area contributed by atoms with Crippen molar-refractivity contribution in [2.24, 2.45) is 16.0 Å². The van der Waals surface area contributed by atoms with E-state index < -0.39 is 0 Å². The lowest BCUT2D eigenvalue weighted by Gasteiger charge is -2.36. The number of nitrogens with zero attached hydrogens (tertiary/aromatic N) is 4. The van der Waals surface area contributed by atoms with Gasteiger partial charge in [-0.05, 0) is 56.4 Å². The predicted molar refractivity (Wildman–Crippen MR) is 104 cm³/mol. The van der Waals surface area contributed by atoms with E-state index in [1.807, 2.05) is 30.0 Å². The largest absolute Gasteiger partial charge is 0.330 e. The highest BCUT2D eigenvalue weighted by Gasteiger charge is 2.36. The van der Waals surface area contributed by atoms with Crippen LogP contribution >= 0.6 is 0 Å². The summed E-state index contributed by atoms with van der Waals surface area (Å²) >= 11 is 0. The third kappa shape index (κ3) is 2.77. The molecule has 3 aliphatic rings. The lowest BCUT2D eigenvalue weighted by molar-refractivity contribution is -0.126. The second-order valence-electron chi connectivity index (χ2n) is 7.06. The molecule has 0 saturated heterocycles. The Morgan fingerprint density at radius 3 is 2.81 bits per heavy atom. The van der Waals surface area contributed by atoms with Crippen LogP contribution in [0.2, 0.25) is 0 Å². The zero-order valence-electron chi connectivity index (χ0n) is 15.4. The number of aliphatic imine (C=N–C) groups is 1. The third-order valence-corrected chi connectivity index (χ3v) is 5.45. The van der Waals surface area contributed by atoms with Gasteiger partial charge in [-0.2, -0.15) is 5.10 Å². The van der Waals surface area contributed by atoms with Crippen molar-refractivity contribution in [3.05, 3.63) is 59.1 Å². The highest BCUT2D eigenvalue weighted by Crippen LogP contribution is 2.41. The zero-order chi connectivity index (χ0) is 18.3. The van der Waals surface area contributed by atoms with Crippen LogP contribution in [0, 0.1) is 5.92 Å². The van der Waals surface area contributed by atoms with E-state index in [-0.39, 0.29) is 11.9 Å². The number of hydrogen-bond donors (Lipinski definition) is 0. The Labute approximate surface area is 154 Å². The van der Waals surface area contributed by atoms with Crippen LogP contribution in [0.25, 0.3) is 0 Å². The first kappa shape index (κ1) is 16.8. The molecule has 0 N–H and O–H groups in total. The summed E-state index contributed by atoms with van der Waals surface area (Å²) in [5, 5.41) is 5.88. The molecule has 1 unspecified atom stereocenters.